The third kappa shape index (κ3) is 3.06. The Hall–Kier alpha value is -2.46. The van der Waals surface area contributed by atoms with Crippen molar-refractivity contribution in [2.24, 2.45) is 4.99 Å². The number of amides is 3. The fourth-order valence-corrected chi connectivity index (χ4v) is 4.50. The summed E-state index contributed by atoms with van der Waals surface area (Å²) in [5.74, 6) is 0.499. The van der Waals surface area contributed by atoms with Crippen molar-refractivity contribution in [3.8, 4) is 0 Å². The summed E-state index contributed by atoms with van der Waals surface area (Å²) in [5, 5.41) is 1.38. The van der Waals surface area contributed by atoms with Crippen molar-refractivity contribution < 1.29 is 19.2 Å². The summed E-state index contributed by atoms with van der Waals surface area (Å²) in [6, 6.07) is -1.01. The number of urea groups is 1. The van der Waals surface area contributed by atoms with Gasteiger partial charge in [-0.25, -0.2) is 14.6 Å². The van der Waals surface area contributed by atoms with E-state index < -0.39 is 17.7 Å². The lowest BCUT2D eigenvalue weighted by Crippen LogP contribution is -2.47. The van der Waals surface area contributed by atoms with Crippen LogP contribution in [0.2, 0.25) is 0 Å². The van der Waals surface area contributed by atoms with E-state index in [0.717, 1.165) is 10.6 Å². The molecule has 0 aliphatic carbocycles. The number of aromatic nitrogens is 1. The number of hydrogen-bond donors (Lipinski definition) is 0. The largest absolute Gasteiger partial charge is 0.443 e. The molecule has 10 heteroatoms. The lowest BCUT2D eigenvalue weighted by Gasteiger charge is -2.33. The van der Waals surface area contributed by atoms with E-state index in [9.17, 15) is 9.59 Å². The van der Waals surface area contributed by atoms with Crippen LogP contribution in [0, 0.1) is 0 Å². The van der Waals surface area contributed by atoms with Gasteiger partial charge in [-0.2, -0.15) is 5.06 Å². The number of carbonyl (C=O) groups excluding carboxylic acids is 2. The van der Waals surface area contributed by atoms with E-state index >= 15 is 0 Å². The Morgan fingerprint density at radius 2 is 2.25 bits per heavy atom. The Morgan fingerprint density at radius 1 is 1.46 bits per heavy atom. The van der Waals surface area contributed by atoms with Gasteiger partial charge in [-0.15, -0.1) is 17.9 Å². The van der Waals surface area contributed by atoms with Crippen molar-refractivity contribution >= 4 is 29.3 Å². The van der Waals surface area contributed by atoms with Crippen molar-refractivity contribution in [3.05, 3.63) is 28.7 Å². The van der Waals surface area contributed by atoms with E-state index in [1.165, 1.54) is 21.3 Å². The zero-order chi connectivity index (χ0) is 20.1. The smallest absolute Gasteiger partial charge is 0.415 e. The van der Waals surface area contributed by atoms with E-state index in [4.69, 9.17) is 9.57 Å². The van der Waals surface area contributed by atoms with Crippen molar-refractivity contribution in [1.82, 2.24) is 19.8 Å². The van der Waals surface area contributed by atoms with Gasteiger partial charge in [-0.3, -0.25) is 14.7 Å². The zero-order valence-corrected chi connectivity index (χ0v) is 16.9. The molecule has 1 aromatic heterocycles. The number of nitrogens with zero attached hydrogens (tertiary/aromatic N) is 5. The summed E-state index contributed by atoms with van der Waals surface area (Å²) < 4.78 is 5.53. The summed E-state index contributed by atoms with van der Waals surface area (Å²) in [5.41, 5.74) is 1.88. The van der Waals surface area contributed by atoms with E-state index in [1.807, 2.05) is 20.8 Å². The molecule has 3 aliphatic heterocycles. The predicted molar refractivity (Wildman–Crippen MR) is 103 cm³/mol. The summed E-state index contributed by atoms with van der Waals surface area (Å²) in [4.78, 5) is 44.5. The molecule has 0 saturated carbocycles. The summed E-state index contributed by atoms with van der Waals surface area (Å²) in [6.45, 7) is 10.7. The van der Waals surface area contributed by atoms with Crippen LogP contribution in [0.1, 0.15) is 43.4 Å². The van der Waals surface area contributed by atoms with Crippen LogP contribution in [0.25, 0.3) is 0 Å². The standard InChI is InChI=1S/C18H23N5O4S/c1-5-8-26-23-11-9-22(16(23)24)13(12-14(11)28-10-20-12)15-19-6-7-21(15)17(25)27-18(2,3)4/h5,10-11,13H,1,6-9H2,2-4H3/t11?,13-/m1/s1. The molecule has 3 amide bonds. The third-order valence-corrected chi connectivity index (χ3v) is 5.59. The van der Waals surface area contributed by atoms with Crippen LogP contribution in [-0.4, -0.2) is 69.6 Å². The Morgan fingerprint density at radius 3 is 2.96 bits per heavy atom. The van der Waals surface area contributed by atoms with Gasteiger partial charge in [0.2, 0.25) is 0 Å². The molecule has 1 unspecified atom stereocenters. The average molecular weight is 405 g/mol. The first-order valence-electron chi connectivity index (χ1n) is 9.13. The van der Waals surface area contributed by atoms with E-state index in [-0.39, 0.29) is 18.7 Å². The number of fused-ring (bicyclic) bond motifs is 4. The van der Waals surface area contributed by atoms with Gasteiger partial charge in [0.15, 0.2) is 0 Å². The van der Waals surface area contributed by atoms with Gasteiger partial charge in [0, 0.05) is 0 Å². The molecule has 0 spiro atoms. The second-order valence-electron chi connectivity index (χ2n) is 7.74. The highest BCUT2D eigenvalue weighted by molar-refractivity contribution is 7.09. The fourth-order valence-electron chi connectivity index (χ4n) is 3.61. The Kier molecular flexibility index (Phi) is 4.62. The van der Waals surface area contributed by atoms with Crippen LogP contribution in [0.15, 0.2) is 23.2 Å². The zero-order valence-electron chi connectivity index (χ0n) is 16.1. The third-order valence-electron chi connectivity index (χ3n) is 4.65. The molecule has 3 aliphatic rings. The SMILES string of the molecule is C=CCON1C(=O)N2CC1c1scnc1[C@@H]2C1=NCCN1C(=O)OC(C)(C)C. The number of amidine groups is 1. The minimum Gasteiger partial charge on any atom is -0.443 e. The molecule has 1 fully saturated rings. The normalized spacial score (nSPS) is 23.8. The molecule has 2 atom stereocenters. The van der Waals surface area contributed by atoms with Crippen molar-refractivity contribution in [2.45, 2.75) is 38.5 Å². The maximum absolute atomic E-state index is 13.0. The van der Waals surface area contributed by atoms with Crippen LogP contribution < -0.4 is 0 Å². The minimum atomic E-state index is -0.618. The molecule has 0 aromatic carbocycles. The lowest BCUT2D eigenvalue weighted by molar-refractivity contribution is -0.118. The number of ether oxygens (including phenoxy) is 1. The Labute approximate surface area is 167 Å². The highest BCUT2D eigenvalue weighted by Gasteiger charge is 2.53. The molecular formula is C18H23N5O4S. The molecule has 1 saturated heterocycles. The van der Waals surface area contributed by atoms with Gasteiger partial charge in [0.05, 0.1) is 42.3 Å². The molecule has 9 nitrogen and oxygen atoms in total. The fraction of sp³-hybridized carbons (Fsp3) is 0.556. The number of hydroxylamine groups is 2. The van der Waals surface area contributed by atoms with Gasteiger partial charge >= 0.3 is 12.1 Å². The average Bonchev–Trinajstić information content (AvgIpc) is 3.33. The van der Waals surface area contributed by atoms with E-state index in [0.29, 0.717) is 25.5 Å². The first-order chi connectivity index (χ1) is 13.3. The minimum absolute atomic E-state index is 0.219. The molecule has 2 bridgehead atoms. The first kappa shape index (κ1) is 18.9. The van der Waals surface area contributed by atoms with Gasteiger partial charge in [0.25, 0.3) is 0 Å². The highest BCUT2D eigenvalue weighted by atomic mass is 32.1. The molecule has 4 rings (SSSR count). The molecule has 1 aromatic rings. The maximum Gasteiger partial charge on any atom is 0.415 e. The van der Waals surface area contributed by atoms with Crippen LogP contribution in [0.3, 0.4) is 0 Å². The quantitative estimate of drug-likeness (QED) is 0.719. The maximum atomic E-state index is 13.0. The van der Waals surface area contributed by atoms with Crippen LogP contribution in [0.4, 0.5) is 9.59 Å². The van der Waals surface area contributed by atoms with E-state index in [2.05, 4.69) is 16.6 Å². The van der Waals surface area contributed by atoms with Gasteiger partial charge in [0.1, 0.15) is 23.5 Å². The van der Waals surface area contributed by atoms with Gasteiger partial charge in [-0.05, 0) is 20.8 Å². The van der Waals surface area contributed by atoms with Crippen LogP contribution in [0.5, 0.6) is 0 Å². The number of aliphatic imine (C=N–C) groups is 1. The Bertz CT molecular complexity index is 845. The number of thiazole rings is 1. The van der Waals surface area contributed by atoms with Crippen LogP contribution >= 0.6 is 11.3 Å². The van der Waals surface area contributed by atoms with Crippen LogP contribution in [-0.2, 0) is 9.57 Å². The molecule has 150 valence electrons. The summed E-state index contributed by atoms with van der Waals surface area (Å²) >= 11 is 1.48. The second-order valence-corrected chi connectivity index (χ2v) is 8.62. The topological polar surface area (TPSA) is 87.6 Å². The number of hydrogen-bond acceptors (Lipinski definition) is 7. The molecule has 4 heterocycles. The van der Waals surface area contributed by atoms with Gasteiger partial charge in [-0.1, -0.05) is 6.08 Å². The van der Waals surface area contributed by atoms with Crippen molar-refractivity contribution in [2.75, 3.05) is 26.2 Å². The summed E-state index contributed by atoms with van der Waals surface area (Å²) in [7, 11) is 0. The summed E-state index contributed by atoms with van der Waals surface area (Å²) in [6.07, 6.45) is 1.13. The molecular weight excluding hydrogens is 382 g/mol. The van der Waals surface area contributed by atoms with Crippen molar-refractivity contribution in [1.29, 1.82) is 0 Å². The van der Waals surface area contributed by atoms with Gasteiger partial charge < -0.3 is 9.64 Å². The molecule has 0 N–H and O–H groups in total. The molecule has 0 radical (unpaired) electrons. The predicted octanol–water partition coefficient (Wildman–Crippen LogP) is 2.74. The first-order valence-corrected chi connectivity index (χ1v) is 10.0. The van der Waals surface area contributed by atoms with Crippen molar-refractivity contribution in [3.63, 3.8) is 0 Å². The lowest BCUT2D eigenvalue weighted by atomic mass is 10.0. The molecule has 28 heavy (non-hydrogen) atoms. The highest BCUT2D eigenvalue weighted by Crippen LogP contribution is 2.46. The number of carbonyl (C=O) groups is 2. The monoisotopic (exact) mass is 405 g/mol. The van der Waals surface area contributed by atoms with E-state index in [1.54, 1.807) is 16.5 Å². The Balaban J connectivity index is 1.66. The second kappa shape index (κ2) is 6.85. The number of rotatable bonds is 4.